The van der Waals surface area contributed by atoms with Crippen molar-refractivity contribution in [3.63, 3.8) is 0 Å². The Labute approximate surface area is 128 Å². The van der Waals surface area contributed by atoms with Gasteiger partial charge >= 0.3 is 0 Å². The third kappa shape index (κ3) is 2.40. The Hall–Kier alpha value is -2.18. The van der Waals surface area contributed by atoms with Gasteiger partial charge in [-0.2, -0.15) is 0 Å². The van der Waals surface area contributed by atoms with Crippen molar-refractivity contribution in [3.8, 4) is 0 Å². The van der Waals surface area contributed by atoms with Crippen LogP contribution in [0.5, 0.6) is 0 Å². The lowest BCUT2D eigenvalue weighted by molar-refractivity contribution is 0.0607. The van der Waals surface area contributed by atoms with E-state index in [0.717, 1.165) is 16.4 Å². The second kappa shape index (κ2) is 5.23. The quantitative estimate of drug-likeness (QED) is 0.685. The minimum atomic E-state index is -0.915. The van der Waals surface area contributed by atoms with Gasteiger partial charge in [-0.1, -0.05) is 18.2 Å². The summed E-state index contributed by atoms with van der Waals surface area (Å²) in [6, 6.07) is 7.80. The van der Waals surface area contributed by atoms with Crippen LogP contribution in [0.2, 0.25) is 0 Å². The van der Waals surface area contributed by atoms with Crippen molar-refractivity contribution < 1.29 is 10.2 Å². The second-order valence-electron chi connectivity index (χ2n) is 6.01. The summed E-state index contributed by atoms with van der Waals surface area (Å²) in [5.41, 5.74) is 1.51. The Morgan fingerprint density at radius 3 is 2.59 bits per heavy atom. The number of hydrogen-bond donors (Lipinski definition) is 3. The largest absolute Gasteiger partial charge is 0.389 e. The third-order valence-corrected chi connectivity index (χ3v) is 3.59. The number of rotatable bonds is 4. The Kier molecular flexibility index (Phi) is 3.50. The van der Waals surface area contributed by atoms with Crippen LogP contribution in [-0.4, -0.2) is 37.4 Å². The highest BCUT2D eigenvalue weighted by Gasteiger charge is 2.22. The van der Waals surface area contributed by atoms with Crippen LogP contribution in [0.4, 0.5) is 5.82 Å². The molecule has 0 bridgehead atoms. The lowest BCUT2D eigenvalue weighted by Crippen LogP contribution is -2.27. The fourth-order valence-corrected chi connectivity index (χ4v) is 2.73. The number of anilines is 1. The number of pyridine rings is 1. The first-order chi connectivity index (χ1) is 10.4. The predicted molar refractivity (Wildman–Crippen MR) is 86.8 cm³/mol. The van der Waals surface area contributed by atoms with Crippen molar-refractivity contribution in [2.75, 3.05) is 12.4 Å². The molecule has 0 unspecified atom stereocenters. The van der Waals surface area contributed by atoms with Crippen LogP contribution in [0.3, 0.4) is 0 Å². The predicted octanol–water partition coefficient (Wildman–Crippen LogP) is 1.89. The van der Waals surface area contributed by atoms with Gasteiger partial charge in [-0.15, -0.1) is 0 Å². The van der Waals surface area contributed by atoms with E-state index >= 15 is 0 Å². The zero-order chi connectivity index (χ0) is 15.9. The van der Waals surface area contributed by atoms with Crippen molar-refractivity contribution in [2.45, 2.75) is 32.6 Å². The summed E-state index contributed by atoms with van der Waals surface area (Å²) >= 11 is 0. The Morgan fingerprint density at radius 1 is 1.23 bits per heavy atom. The number of hydrogen-bond acceptors (Lipinski definition) is 5. The smallest absolute Gasteiger partial charge is 0.154 e. The Bertz CT molecular complexity index is 833. The molecule has 22 heavy (non-hydrogen) atoms. The molecule has 6 nitrogen and oxygen atoms in total. The van der Waals surface area contributed by atoms with E-state index in [-0.39, 0.29) is 6.61 Å². The van der Waals surface area contributed by atoms with Crippen LogP contribution < -0.4 is 5.32 Å². The first-order valence-electron chi connectivity index (χ1n) is 7.23. The Morgan fingerprint density at radius 2 is 1.95 bits per heavy atom. The molecule has 0 saturated carbocycles. The first-order valence-corrected chi connectivity index (χ1v) is 7.23. The molecule has 0 amide bonds. The molecule has 0 aliphatic rings. The summed E-state index contributed by atoms with van der Waals surface area (Å²) in [7, 11) is 1.80. The van der Waals surface area contributed by atoms with Crippen LogP contribution in [0, 0.1) is 0 Å². The Balaban J connectivity index is 2.43. The summed E-state index contributed by atoms with van der Waals surface area (Å²) in [4.78, 5) is 9.09. The van der Waals surface area contributed by atoms with Crippen molar-refractivity contribution in [1.82, 2.24) is 14.5 Å². The SMILES string of the molecule is CNc1nc2ccccc2c2c1nc(CO)n2CC(C)(C)O. The van der Waals surface area contributed by atoms with E-state index in [1.807, 2.05) is 28.8 Å². The summed E-state index contributed by atoms with van der Waals surface area (Å²) in [6.07, 6.45) is 0. The normalized spacial score (nSPS) is 12.2. The number of para-hydroxylation sites is 1. The lowest BCUT2D eigenvalue weighted by atomic mass is 10.1. The number of nitrogens with zero attached hydrogens (tertiary/aromatic N) is 3. The third-order valence-electron chi connectivity index (χ3n) is 3.59. The van der Waals surface area contributed by atoms with Crippen molar-refractivity contribution in [3.05, 3.63) is 30.1 Å². The average Bonchev–Trinajstić information content (AvgIpc) is 2.83. The lowest BCUT2D eigenvalue weighted by Gasteiger charge is -2.20. The molecule has 116 valence electrons. The van der Waals surface area contributed by atoms with Crippen LogP contribution in [-0.2, 0) is 13.2 Å². The molecule has 0 aliphatic carbocycles. The van der Waals surface area contributed by atoms with Gasteiger partial charge in [-0.3, -0.25) is 0 Å². The molecule has 3 aromatic rings. The first kappa shape index (κ1) is 14.7. The van der Waals surface area contributed by atoms with Gasteiger partial charge in [0.15, 0.2) is 5.82 Å². The molecule has 2 aromatic heterocycles. The minimum absolute atomic E-state index is 0.192. The molecular formula is C16H20N4O2. The van der Waals surface area contributed by atoms with Gasteiger partial charge in [-0.05, 0) is 19.9 Å². The van der Waals surface area contributed by atoms with E-state index in [9.17, 15) is 10.2 Å². The van der Waals surface area contributed by atoms with E-state index in [1.165, 1.54) is 0 Å². The molecule has 3 rings (SSSR count). The highest BCUT2D eigenvalue weighted by atomic mass is 16.3. The maximum absolute atomic E-state index is 10.2. The van der Waals surface area contributed by atoms with Gasteiger partial charge in [0.2, 0.25) is 0 Å². The van der Waals surface area contributed by atoms with Gasteiger partial charge in [0, 0.05) is 12.4 Å². The molecule has 1 aromatic carbocycles. The number of benzene rings is 1. The fourth-order valence-electron chi connectivity index (χ4n) is 2.73. The summed E-state index contributed by atoms with van der Waals surface area (Å²) in [5, 5.41) is 23.9. The van der Waals surface area contributed by atoms with Crippen molar-refractivity contribution >= 4 is 27.8 Å². The zero-order valence-electron chi connectivity index (χ0n) is 13.0. The van der Waals surface area contributed by atoms with E-state index in [4.69, 9.17) is 0 Å². The highest BCUT2D eigenvalue weighted by molar-refractivity contribution is 6.06. The van der Waals surface area contributed by atoms with Gasteiger partial charge in [0.1, 0.15) is 17.9 Å². The molecule has 0 aliphatic heterocycles. The van der Waals surface area contributed by atoms with Crippen LogP contribution in [0.25, 0.3) is 21.9 Å². The molecule has 0 radical (unpaired) electrons. The molecule has 2 heterocycles. The summed E-state index contributed by atoms with van der Waals surface area (Å²) < 4.78 is 1.88. The average molecular weight is 300 g/mol. The van der Waals surface area contributed by atoms with E-state index in [0.29, 0.717) is 23.7 Å². The standard InChI is InChI=1S/C16H20N4O2/c1-16(2,22)9-20-12(8-21)19-13-14(20)10-6-4-5-7-11(10)18-15(13)17-3/h4-7,21-22H,8-9H2,1-3H3,(H,17,18). The summed E-state index contributed by atoms with van der Waals surface area (Å²) in [6.45, 7) is 3.63. The van der Waals surface area contributed by atoms with Crippen LogP contribution in [0.1, 0.15) is 19.7 Å². The van der Waals surface area contributed by atoms with Crippen molar-refractivity contribution in [1.29, 1.82) is 0 Å². The van der Waals surface area contributed by atoms with Gasteiger partial charge in [0.05, 0.1) is 23.2 Å². The minimum Gasteiger partial charge on any atom is -0.389 e. The molecule has 0 fully saturated rings. The van der Waals surface area contributed by atoms with Crippen LogP contribution in [0.15, 0.2) is 24.3 Å². The molecule has 0 saturated heterocycles. The monoisotopic (exact) mass is 300 g/mol. The van der Waals surface area contributed by atoms with E-state index in [2.05, 4.69) is 15.3 Å². The number of imidazole rings is 1. The molecule has 0 spiro atoms. The second-order valence-corrected chi connectivity index (χ2v) is 6.01. The molecule has 0 atom stereocenters. The maximum Gasteiger partial charge on any atom is 0.154 e. The highest BCUT2D eigenvalue weighted by Crippen LogP contribution is 2.30. The van der Waals surface area contributed by atoms with Gasteiger partial charge in [0.25, 0.3) is 0 Å². The topological polar surface area (TPSA) is 83.2 Å². The molecular weight excluding hydrogens is 280 g/mol. The molecule has 3 N–H and O–H groups in total. The number of aliphatic hydroxyl groups excluding tert-OH is 1. The van der Waals surface area contributed by atoms with Gasteiger partial charge in [-0.25, -0.2) is 9.97 Å². The fraction of sp³-hybridized carbons (Fsp3) is 0.375. The number of nitrogens with one attached hydrogen (secondary N) is 1. The van der Waals surface area contributed by atoms with Gasteiger partial charge < -0.3 is 20.1 Å². The molecule has 6 heteroatoms. The zero-order valence-corrected chi connectivity index (χ0v) is 13.0. The summed E-state index contributed by atoms with van der Waals surface area (Å²) in [5.74, 6) is 1.18. The van der Waals surface area contributed by atoms with Crippen LogP contribution >= 0.6 is 0 Å². The number of aromatic nitrogens is 3. The van der Waals surface area contributed by atoms with E-state index in [1.54, 1.807) is 20.9 Å². The number of fused-ring (bicyclic) bond motifs is 3. The number of aliphatic hydroxyl groups is 2. The maximum atomic E-state index is 10.2. The van der Waals surface area contributed by atoms with E-state index < -0.39 is 5.60 Å². The van der Waals surface area contributed by atoms with Crippen molar-refractivity contribution in [2.24, 2.45) is 0 Å².